The zero-order chi connectivity index (χ0) is 15.7. The van der Waals surface area contributed by atoms with Crippen molar-refractivity contribution in [3.05, 3.63) is 70.8 Å². The van der Waals surface area contributed by atoms with E-state index >= 15 is 0 Å². The van der Waals surface area contributed by atoms with Crippen molar-refractivity contribution in [2.75, 3.05) is 5.33 Å². The molecule has 1 aliphatic heterocycles. The fourth-order valence-corrected chi connectivity index (χ4v) is 3.33. The number of aryl methyl sites for hydroxylation is 1. The van der Waals surface area contributed by atoms with E-state index in [0.29, 0.717) is 17.5 Å². The lowest BCUT2D eigenvalue weighted by molar-refractivity contribution is -0.00520. The molecule has 1 aliphatic rings. The first-order valence-electron chi connectivity index (χ1n) is 7.04. The number of rotatable bonds is 3. The van der Waals surface area contributed by atoms with E-state index in [1.54, 1.807) is 30.3 Å². The molecule has 0 bridgehead atoms. The lowest BCUT2D eigenvalue weighted by Crippen LogP contribution is -2.50. The molecule has 3 rings (SSSR count). The molecule has 0 saturated heterocycles. The summed E-state index contributed by atoms with van der Waals surface area (Å²) in [6.07, 6.45) is 0.384. The molecule has 112 valence electrons. The Morgan fingerprint density at radius 2 is 1.95 bits per heavy atom. The molecule has 4 heteroatoms. The summed E-state index contributed by atoms with van der Waals surface area (Å²) in [5.41, 5.74) is 1.83. The number of hydrogen-bond donors (Lipinski definition) is 0. The standard InChI is InChI=1S/C18H15BrO3/c1-12-7-8-15-14(9-12)10-18(11-19,22-17(15)21)16(20)13-5-3-2-4-6-13/h2-9H,10-11H2,1H3/t18-/m1/s1. The van der Waals surface area contributed by atoms with Crippen molar-refractivity contribution in [3.63, 3.8) is 0 Å². The molecule has 2 aromatic rings. The van der Waals surface area contributed by atoms with Crippen LogP contribution < -0.4 is 0 Å². The first kappa shape index (κ1) is 15.0. The number of hydrogen-bond acceptors (Lipinski definition) is 3. The Kier molecular flexibility index (Phi) is 3.87. The minimum Gasteiger partial charge on any atom is -0.446 e. The van der Waals surface area contributed by atoms with Gasteiger partial charge in [0.25, 0.3) is 0 Å². The van der Waals surface area contributed by atoms with Gasteiger partial charge in [-0.05, 0) is 18.6 Å². The van der Waals surface area contributed by atoms with Crippen LogP contribution in [-0.2, 0) is 11.2 Å². The van der Waals surface area contributed by atoms with E-state index in [4.69, 9.17) is 4.74 Å². The number of ether oxygens (including phenoxy) is 1. The smallest absolute Gasteiger partial charge is 0.339 e. The van der Waals surface area contributed by atoms with Gasteiger partial charge in [-0.1, -0.05) is 64.0 Å². The van der Waals surface area contributed by atoms with Crippen molar-refractivity contribution < 1.29 is 14.3 Å². The van der Waals surface area contributed by atoms with E-state index in [1.165, 1.54) is 0 Å². The molecule has 1 atom stereocenters. The van der Waals surface area contributed by atoms with Crippen LogP contribution in [0.25, 0.3) is 0 Å². The number of Topliss-reactive ketones (excluding diaryl/α,β-unsaturated/α-hetero) is 1. The predicted octanol–water partition coefficient (Wildman–Crippen LogP) is 3.72. The van der Waals surface area contributed by atoms with Crippen molar-refractivity contribution in [2.24, 2.45) is 0 Å². The van der Waals surface area contributed by atoms with Crippen LogP contribution in [-0.4, -0.2) is 22.7 Å². The van der Waals surface area contributed by atoms with Gasteiger partial charge in [-0.3, -0.25) is 4.79 Å². The third kappa shape index (κ3) is 2.48. The minimum atomic E-state index is -1.18. The molecule has 0 fully saturated rings. The molecule has 2 aromatic carbocycles. The fourth-order valence-electron chi connectivity index (χ4n) is 2.76. The summed E-state index contributed by atoms with van der Waals surface area (Å²) in [7, 11) is 0. The maximum Gasteiger partial charge on any atom is 0.339 e. The van der Waals surface area contributed by atoms with Crippen LogP contribution in [0.1, 0.15) is 31.8 Å². The molecule has 0 aromatic heterocycles. The molecule has 0 radical (unpaired) electrons. The van der Waals surface area contributed by atoms with E-state index in [2.05, 4.69) is 15.9 Å². The molecule has 0 saturated carbocycles. The number of carbonyl (C=O) groups is 2. The van der Waals surface area contributed by atoms with Crippen LogP contribution in [0.2, 0.25) is 0 Å². The molecule has 0 amide bonds. The molecule has 0 N–H and O–H groups in total. The first-order chi connectivity index (χ1) is 10.6. The van der Waals surface area contributed by atoms with E-state index in [9.17, 15) is 9.59 Å². The topological polar surface area (TPSA) is 43.4 Å². The van der Waals surface area contributed by atoms with Crippen molar-refractivity contribution in [1.82, 2.24) is 0 Å². The summed E-state index contributed by atoms with van der Waals surface area (Å²) in [5.74, 6) is -0.615. The van der Waals surface area contributed by atoms with Crippen LogP contribution in [0.15, 0.2) is 48.5 Å². The Balaban J connectivity index is 2.05. The van der Waals surface area contributed by atoms with Gasteiger partial charge >= 0.3 is 5.97 Å². The van der Waals surface area contributed by atoms with E-state index in [1.807, 2.05) is 25.1 Å². The second kappa shape index (κ2) is 5.69. The highest BCUT2D eigenvalue weighted by molar-refractivity contribution is 9.09. The highest BCUT2D eigenvalue weighted by Crippen LogP contribution is 2.33. The Bertz CT molecular complexity index is 739. The maximum atomic E-state index is 12.9. The van der Waals surface area contributed by atoms with Gasteiger partial charge in [0.1, 0.15) is 0 Å². The monoisotopic (exact) mass is 358 g/mol. The van der Waals surface area contributed by atoms with Gasteiger partial charge in [-0.15, -0.1) is 0 Å². The second-order valence-electron chi connectivity index (χ2n) is 5.55. The lowest BCUT2D eigenvalue weighted by Gasteiger charge is -2.35. The normalized spacial score (nSPS) is 20.2. The van der Waals surface area contributed by atoms with Crippen LogP contribution in [0.4, 0.5) is 0 Å². The zero-order valence-corrected chi connectivity index (χ0v) is 13.7. The summed E-state index contributed by atoms with van der Waals surface area (Å²) in [6.45, 7) is 1.97. The van der Waals surface area contributed by atoms with Crippen molar-refractivity contribution in [1.29, 1.82) is 0 Å². The molecule has 0 spiro atoms. The number of alkyl halides is 1. The number of fused-ring (bicyclic) bond motifs is 1. The summed E-state index contributed by atoms with van der Waals surface area (Å²) in [4.78, 5) is 25.2. The number of esters is 1. The van der Waals surface area contributed by atoms with Crippen molar-refractivity contribution in [2.45, 2.75) is 18.9 Å². The maximum absolute atomic E-state index is 12.9. The molecule has 0 unspecified atom stereocenters. The Hall–Kier alpha value is -1.94. The van der Waals surface area contributed by atoms with Gasteiger partial charge < -0.3 is 4.74 Å². The largest absolute Gasteiger partial charge is 0.446 e. The van der Waals surface area contributed by atoms with Gasteiger partial charge in [-0.2, -0.15) is 0 Å². The number of carbonyl (C=O) groups excluding carboxylic acids is 2. The lowest BCUT2D eigenvalue weighted by atomic mass is 9.84. The van der Waals surface area contributed by atoms with Gasteiger partial charge in [0.15, 0.2) is 5.60 Å². The average Bonchev–Trinajstić information content (AvgIpc) is 2.54. The van der Waals surface area contributed by atoms with Gasteiger partial charge in [0.2, 0.25) is 5.78 Å². The molecular weight excluding hydrogens is 344 g/mol. The van der Waals surface area contributed by atoms with Crippen LogP contribution in [0.5, 0.6) is 0 Å². The molecular formula is C18H15BrO3. The molecule has 1 heterocycles. The zero-order valence-electron chi connectivity index (χ0n) is 12.1. The third-order valence-electron chi connectivity index (χ3n) is 3.91. The average molecular weight is 359 g/mol. The molecule has 3 nitrogen and oxygen atoms in total. The van der Waals surface area contributed by atoms with Crippen molar-refractivity contribution in [3.8, 4) is 0 Å². The Morgan fingerprint density at radius 3 is 2.64 bits per heavy atom. The number of cyclic esters (lactones) is 1. The summed E-state index contributed by atoms with van der Waals surface area (Å²) in [5, 5.41) is 0.271. The van der Waals surface area contributed by atoms with Crippen molar-refractivity contribution >= 4 is 27.7 Å². The molecule has 0 aliphatic carbocycles. The Morgan fingerprint density at radius 1 is 1.23 bits per heavy atom. The van der Waals surface area contributed by atoms with Gasteiger partial charge in [-0.25, -0.2) is 4.79 Å². The summed E-state index contributed by atoms with van der Waals surface area (Å²) < 4.78 is 5.57. The quantitative estimate of drug-likeness (QED) is 0.477. The third-order valence-corrected chi connectivity index (χ3v) is 4.82. The summed E-state index contributed by atoms with van der Waals surface area (Å²) in [6, 6.07) is 14.5. The van der Waals surface area contributed by atoms with Gasteiger partial charge in [0.05, 0.1) is 10.9 Å². The number of halogens is 1. The number of ketones is 1. The fraction of sp³-hybridized carbons (Fsp3) is 0.222. The van der Waals surface area contributed by atoms with E-state index in [-0.39, 0.29) is 11.1 Å². The predicted molar refractivity (Wildman–Crippen MR) is 87.6 cm³/mol. The summed E-state index contributed by atoms with van der Waals surface area (Å²) >= 11 is 3.37. The SMILES string of the molecule is Cc1ccc2c(c1)C[C@@](CBr)(C(=O)c1ccccc1)OC2=O. The minimum absolute atomic E-state index is 0.175. The van der Waals surface area contributed by atoms with Gasteiger partial charge in [0, 0.05) is 12.0 Å². The second-order valence-corrected chi connectivity index (χ2v) is 6.11. The first-order valence-corrected chi connectivity index (χ1v) is 8.16. The Labute approximate surface area is 137 Å². The highest BCUT2D eigenvalue weighted by Gasteiger charge is 2.46. The van der Waals surface area contributed by atoms with E-state index in [0.717, 1.165) is 11.1 Å². The highest BCUT2D eigenvalue weighted by atomic mass is 79.9. The molecule has 22 heavy (non-hydrogen) atoms. The number of benzene rings is 2. The van der Waals surface area contributed by atoms with Crippen LogP contribution in [0, 0.1) is 6.92 Å². The van der Waals surface area contributed by atoms with Crippen LogP contribution >= 0.6 is 15.9 Å². The van der Waals surface area contributed by atoms with E-state index < -0.39 is 11.6 Å². The van der Waals surface area contributed by atoms with Crippen LogP contribution in [0.3, 0.4) is 0 Å².